The molecule has 0 radical (unpaired) electrons. The van der Waals surface area contributed by atoms with Crippen LogP contribution in [0.5, 0.6) is 0 Å². The Labute approximate surface area is 192 Å². The Morgan fingerprint density at radius 2 is 1.75 bits per heavy atom. The normalized spacial score (nSPS) is 14.2. The fourth-order valence-electron chi connectivity index (χ4n) is 4.20. The summed E-state index contributed by atoms with van der Waals surface area (Å²) in [6.45, 7) is 6.71. The Morgan fingerprint density at radius 3 is 2.31 bits per heavy atom. The third-order valence-electron chi connectivity index (χ3n) is 5.96. The maximum Gasteiger partial charge on any atom is 0.230 e. The van der Waals surface area contributed by atoms with Crippen LogP contribution < -0.4 is 10.2 Å². The SMILES string of the molecule is CCC(C(=O)N(Cc1cc(NC(=O)CC(C)C)ccc1N(C)C)C1CC1)c1ccccc1. The lowest BCUT2D eigenvalue weighted by molar-refractivity contribution is -0.134. The van der Waals surface area contributed by atoms with Gasteiger partial charge in [-0.25, -0.2) is 0 Å². The second-order valence-electron chi connectivity index (χ2n) is 9.45. The van der Waals surface area contributed by atoms with E-state index in [4.69, 9.17) is 0 Å². The monoisotopic (exact) mass is 435 g/mol. The van der Waals surface area contributed by atoms with Crippen molar-refractivity contribution in [2.45, 2.75) is 65.0 Å². The maximum absolute atomic E-state index is 13.7. The average Bonchev–Trinajstić information content (AvgIpc) is 3.57. The predicted octanol–water partition coefficient (Wildman–Crippen LogP) is 5.42. The van der Waals surface area contributed by atoms with Gasteiger partial charge in [0.2, 0.25) is 11.8 Å². The standard InChI is InChI=1S/C27H37N3O2/c1-6-24(20-10-8-7-9-11-20)27(32)30(23-13-14-23)18-21-17-22(12-15-25(21)29(4)5)28-26(31)16-19(2)3/h7-12,15,17,19,23-24H,6,13-14,16,18H2,1-5H3,(H,28,31). The lowest BCUT2D eigenvalue weighted by Crippen LogP contribution is -2.36. The van der Waals surface area contributed by atoms with E-state index in [0.29, 0.717) is 24.9 Å². The lowest BCUT2D eigenvalue weighted by Gasteiger charge is -2.29. The summed E-state index contributed by atoms with van der Waals surface area (Å²) < 4.78 is 0. The van der Waals surface area contributed by atoms with Crippen LogP contribution >= 0.6 is 0 Å². The number of nitrogens with zero attached hydrogens (tertiary/aromatic N) is 2. The Morgan fingerprint density at radius 1 is 1.06 bits per heavy atom. The molecule has 1 N–H and O–H groups in total. The molecule has 0 bridgehead atoms. The van der Waals surface area contributed by atoms with Crippen molar-refractivity contribution in [2.75, 3.05) is 24.3 Å². The summed E-state index contributed by atoms with van der Waals surface area (Å²) in [5, 5.41) is 3.03. The third kappa shape index (κ3) is 6.12. The quantitative estimate of drug-likeness (QED) is 0.542. The first-order valence-electron chi connectivity index (χ1n) is 11.8. The van der Waals surface area contributed by atoms with Gasteiger partial charge in [-0.15, -0.1) is 0 Å². The van der Waals surface area contributed by atoms with Crippen LogP contribution in [0.1, 0.15) is 63.5 Å². The fraction of sp³-hybridized carbons (Fsp3) is 0.481. The number of carbonyl (C=O) groups excluding carboxylic acids is 2. The summed E-state index contributed by atoms with van der Waals surface area (Å²) in [6.07, 6.45) is 3.38. The minimum Gasteiger partial charge on any atom is -0.377 e. The molecule has 5 nitrogen and oxygen atoms in total. The van der Waals surface area contributed by atoms with Gasteiger partial charge in [-0.2, -0.15) is 0 Å². The minimum absolute atomic E-state index is 0.0220. The van der Waals surface area contributed by atoms with E-state index >= 15 is 0 Å². The Balaban J connectivity index is 1.86. The van der Waals surface area contributed by atoms with Gasteiger partial charge < -0.3 is 15.1 Å². The van der Waals surface area contributed by atoms with Gasteiger partial charge in [0.05, 0.1) is 5.92 Å². The molecule has 5 heteroatoms. The summed E-state index contributed by atoms with van der Waals surface area (Å²) in [7, 11) is 4.02. The van der Waals surface area contributed by atoms with E-state index in [1.165, 1.54) is 0 Å². The van der Waals surface area contributed by atoms with Gasteiger partial charge in [-0.3, -0.25) is 9.59 Å². The molecule has 2 aromatic carbocycles. The van der Waals surface area contributed by atoms with Gasteiger partial charge in [0.1, 0.15) is 0 Å². The third-order valence-corrected chi connectivity index (χ3v) is 5.96. The molecule has 1 saturated carbocycles. The van der Waals surface area contributed by atoms with Crippen LogP contribution in [0.15, 0.2) is 48.5 Å². The molecular formula is C27H37N3O2. The van der Waals surface area contributed by atoms with Gasteiger partial charge in [0, 0.05) is 44.5 Å². The van der Waals surface area contributed by atoms with Crippen LogP contribution in [0.4, 0.5) is 11.4 Å². The summed E-state index contributed by atoms with van der Waals surface area (Å²) in [5.41, 5.74) is 3.99. The van der Waals surface area contributed by atoms with Crippen molar-refractivity contribution in [2.24, 2.45) is 5.92 Å². The molecule has 1 aliphatic carbocycles. The lowest BCUT2D eigenvalue weighted by atomic mass is 9.94. The Hall–Kier alpha value is -2.82. The molecule has 0 aromatic heterocycles. The van der Waals surface area contributed by atoms with Gasteiger partial charge in [0.15, 0.2) is 0 Å². The van der Waals surface area contributed by atoms with Crippen molar-refractivity contribution in [3.05, 3.63) is 59.7 Å². The average molecular weight is 436 g/mol. The van der Waals surface area contributed by atoms with E-state index in [1.807, 2.05) is 76.5 Å². The number of hydrogen-bond donors (Lipinski definition) is 1. The number of benzene rings is 2. The topological polar surface area (TPSA) is 52.7 Å². The molecule has 1 aliphatic rings. The highest BCUT2D eigenvalue weighted by Gasteiger charge is 2.36. The molecule has 1 unspecified atom stereocenters. The van der Waals surface area contributed by atoms with Crippen LogP contribution in [-0.4, -0.2) is 36.9 Å². The molecule has 32 heavy (non-hydrogen) atoms. The van der Waals surface area contributed by atoms with Crippen molar-refractivity contribution < 1.29 is 9.59 Å². The molecule has 172 valence electrons. The first-order valence-corrected chi connectivity index (χ1v) is 11.8. The minimum atomic E-state index is -0.131. The molecule has 2 amide bonds. The summed E-state index contributed by atoms with van der Waals surface area (Å²) >= 11 is 0. The maximum atomic E-state index is 13.7. The zero-order valence-corrected chi connectivity index (χ0v) is 20.1. The molecule has 0 aliphatic heterocycles. The second-order valence-corrected chi connectivity index (χ2v) is 9.45. The highest BCUT2D eigenvalue weighted by Crippen LogP contribution is 2.35. The highest BCUT2D eigenvalue weighted by molar-refractivity contribution is 5.91. The van der Waals surface area contributed by atoms with Crippen LogP contribution in [0.25, 0.3) is 0 Å². The summed E-state index contributed by atoms with van der Waals surface area (Å²) in [5.74, 6) is 0.393. The van der Waals surface area contributed by atoms with Gasteiger partial charge >= 0.3 is 0 Å². The van der Waals surface area contributed by atoms with Crippen molar-refractivity contribution in [1.82, 2.24) is 4.90 Å². The smallest absolute Gasteiger partial charge is 0.230 e. The molecule has 0 spiro atoms. The molecule has 0 saturated heterocycles. The largest absolute Gasteiger partial charge is 0.377 e. The van der Waals surface area contributed by atoms with Crippen molar-refractivity contribution >= 4 is 23.2 Å². The number of nitrogens with one attached hydrogen (secondary N) is 1. The zero-order valence-electron chi connectivity index (χ0n) is 20.1. The zero-order chi connectivity index (χ0) is 23.3. The van der Waals surface area contributed by atoms with E-state index in [2.05, 4.69) is 22.0 Å². The summed E-state index contributed by atoms with van der Waals surface area (Å²) in [4.78, 5) is 30.1. The van der Waals surface area contributed by atoms with Crippen molar-refractivity contribution in [1.29, 1.82) is 0 Å². The molecule has 0 heterocycles. The van der Waals surface area contributed by atoms with E-state index in [-0.39, 0.29) is 17.7 Å². The first-order chi connectivity index (χ1) is 15.3. The molecule has 1 fully saturated rings. The van der Waals surface area contributed by atoms with E-state index < -0.39 is 0 Å². The van der Waals surface area contributed by atoms with E-state index in [9.17, 15) is 9.59 Å². The van der Waals surface area contributed by atoms with Crippen molar-refractivity contribution in [3.63, 3.8) is 0 Å². The number of carbonyl (C=O) groups is 2. The number of amides is 2. The predicted molar refractivity (Wildman–Crippen MR) is 132 cm³/mol. The van der Waals surface area contributed by atoms with E-state index in [0.717, 1.165) is 41.8 Å². The molecule has 1 atom stereocenters. The van der Waals surface area contributed by atoms with Crippen LogP contribution in [-0.2, 0) is 16.1 Å². The Kier molecular flexibility index (Phi) is 7.94. The molecule has 3 rings (SSSR count). The van der Waals surface area contributed by atoms with E-state index in [1.54, 1.807) is 0 Å². The highest BCUT2D eigenvalue weighted by atomic mass is 16.2. The number of anilines is 2. The molecular weight excluding hydrogens is 398 g/mol. The number of hydrogen-bond acceptors (Lipinski definition) is 3. The van der Waals surface area contributed by atoms with Crippen LogP contribution in [0.2, 0.25) is 0 Å². The summed E-state index contributed by atoms with van der Waals surface area (Å²) in [6, 6.07) is 16.4. The van der Waals surface area contributed by atoms with Gasteiger partial charge in [-0.05, 0) is 54.5 Å². The fourth-order valence-corrected chi connectivity index (χ4v) is 4.20. The second kappa shape index (κ2) is 10.7. The van der Waals surface area contributed by atoms with Gasteiger partial charge in [0.25, 0.3) is 0 Å². The molecule has 2 aromatic rings. The van der Waals surface area contributed by atoms with Gasteiger partial charge in [-0.1, -0.05) is 51.1 Å². The van der Waals surface area contributed by atoms with Crippen LogP contribution in [0.3, 0.4) is 0 Å². The van der Waals surface area contributed by atoms with Crippen molar-refractivity contribution in [3.8, 4) is 0 Å². The Bertz CT molecular complexity index is 920. The van der Waals surface area contributed by atoms with Crippen LogP contribution in [0, 0.1) is 5.92 Å². The number of rotatable bonds is 10. The first kappa shape index (κ1) is 23.8.